The zero-order valence-corrected chi connectivity index (χ0v) is 11.7. The maximum Gasteiger partial charge on any atom is 0.233 e. The number of para-hydroxylation sites is 1. The first kappa shape index (κ1) is 12.9. The van der Waals surface area contributed by atoms with Gasteiger partial charge in [0, 0.05) is 12.2 Å². The number of hydrogen-bond donors (Lipinski definition) is 2. The van der Waals surface area contributed by atoms with E-state index in [1.165, 1.54) is 0 Å². The molecule has 0 radical (unpaired) electrons. The Morgan fingerprint density at radius 1 is 1.45 bits per heavy atom. The van der Waals surface area contributed by atoms with Crippen molar-refractivity contribution in [1.82, 2.24) is 4.98 Å². The summed E-state index contributed by atoms with van der Waals surface area (Å²) in [6.07, 6.45) is 1.57. The monoisotopic (exact) mass is 287 g/mol. The molecule has 1 aromatic heterocycles. The van der Waals surface area contributed by atoms with Gasteiger partial charge in [0.15, 0.2) is 0 Å². The topological polar surface area (TPSA) is 54.0 Å². The average Bonchev–Trinajstić information content (AvgIpc) is 2.87. The van der Waals surface area contributed by atoms with E-state index in [1.807, 2.05) is 37.3 Å². The number of nitrogens with zero attached hydrogens (tertiary/aromatic N) is 1. The van der Waals surface area contributed by atoms with Crippen LogP contribution in [0.5, 0.6) is 0 Å². The first-order valence-electron chi connectivity index (χ1n) is 6.41. The first-order valence-corrected chi connectivity index (χ1v) is 6.79. The molecular weight excluding hydrogens is 274 g/mol. The van der Waals surface area contributed by atoms with Crippen molar-refractivity contribution >= 4 is 28.9 Å². The van der Waals surface area contributed by atoms with Crippen LogP contribution in [0.3, 0.4) is 0 Å². The van der Waals surface area contributed by atoms with Crippen LogP contribution in [0.4, 0.5) is 11.4 Å². The van der Waals surface area contributed by atoms with Gasteiger partial charge in [-0.3, -0.25) is 4.79 Å². The van der Waals surface area contributed by atoms with Crippen molar-refractivity contribution in [3.63, 3.8) is 0 Å². The highest BCUT2D eigenvalue weighted by Crippen LogP contribution is 2.31. The van der Waals surface area contributed by atoms with Crippen LogP contribution in [0.1, 0.15) is 17.0 Å². The van der Waals surface area contributed by atoms with Gasteiger partial charge in [0.1, 0.15) is 5.15 Å². The van der Waals surface area contributed by atoms with E-state index in [0.29, 0.717) is 17.4 Å². The maximum atomic E-state index is 12.4. The molecule has 0 saturated heterocycles. The molecule has 1 atom stereocenters. The number of benzene rings is 1. The van der Waals surface area contributed by atoms with Crippen molar-refractivity contribution in [2.45, 2.75) is 12.8 Å². The van der Waals surface area contributed by atoms with Gasteiger partial charge >= 0.3 is 0 Å². The molecule has 1 aliphatic heterocycles. The number of carbonyl (C=O) groups is 1. The summed E-state index contributed by atoms with van der Waals surface area (Å²) in [5.41, 5.74) is 3.57. The van der Waals surface area contributed by atoms with Crippen molar-refractivity contribution in [3.8, 4) is 0 Å². The fourth-order valence-corrected chi connectivity index (χ4v) is 2.48. The lowest BCUT2D eigenvalue weighted by atomic mass is 10.0. The third-order valence-corrected chi connectivity index (χ3v) is 3.83. The SMILES string of the molecule is Cc1cc(NC(=O)C2CNc3ccccc32)cnc1Cl. The number of pyridine rings is 1. The van der Waals surface area contributed by atoms with E-state index in [2.05, 4.69) is 15.6 Å². The number of aryl methyl sites for hydroxylation is 1. The van der Waals surface area contributed by atoms with Gasteiger partial charge in [-0.15, -0.1) is 0 Å². The van der Waals surface area contributed by atoms with Gasteiger partial charge in [0.25, 0.3) is 0 Å². The van der Waals surface area contributed by atoms with Crippen molar-refractivity contribution in [2.75, 3.05) is 17.2 Å². The van der Waals surface area contributed by atoms with E-state index < -0.39 is 0 Å². The molecule has 1 aliphatic rings. The van der Waals surface area contributed by atoms with Crippen LogP contribution in [0, 0.1) is 6.92 Å². The number of halogens is 1. The van der Waals surface area contributed by atoms with E-state index in [4.69, 9.17) is 11.6 Å². The smallest absolute Gasteiger partial charge is 0.233 e. The maximum absolute atomic E-state index is 12.4. The molecule has 0 bridgehead atoms. The summed E-state index contributed by atoms with van der Waals surface area (Å²) in [5.74, 6) is -0.215. The van der Waals surface area contributed by atoms with Crippen LogP contribution >= 0.6 is 11.6 Å². The Morgan fingerprint density at radius 2 is 2.25 bits per heavy atom. The summed E-state index contributed by atoms with van der Waals surface area (Å²) < 4.78 is 0. The molecule has 20 heavy (non-hydrogen) atoms. The summed E-state index contributed by atoms with van der Waals surface area (Å²) >= 11 is 5.88. The Bertz CT molecular complexity index is 672. The van der Waals surface area contributed by atoms with Gasteiger partial charge in [-0.2, -0.15) is 0 Å². The number of aromatic nitrogens is 1. The van der Waals surface area contributed by atoms with Crippen LogP contribution in [0.15, 0.2) is 36.5 Å². The van der Waals surface area contributed by atoms with Gasteiger partial charge < -0.3 is 10.6 Å². The third kappa shape index (κ3) is 2.34. The molecule has 0 saturated carbocycles. The zero-order chi connectivity index (χ0) is 14.1. The predicted molar refractivity (Wildman–Crippen MR) is 80.3 cm³/mol. The van der Waals surface area contributed by atoms with Crippen LogP contribution in [0.25, 0.3) is 0 Å². The van der Waals surface area contributed by atoms with E-state index in [0.717, 1.165) is 16.8 Å². The van der Waals surface area contributed by atoms with Gasteiger partial charge in [-0.25, -0.2) is 4.98 Å². The molecule has 0 spiro atoms. The molecule has 1 unspecified atom stereocenters. The minimum Gasteiger partial charge on any atom is -0.384 e. The molecule has 0 aliphatic carbocycles. The number of amides is 1. The minimum atomic E-state index is -0.179. The summed E-state index contributed by atoms with van der Waals surface area (Å²) in [6, 6.07) is 9.68. The van der Waals surface area contributed by atoms with Crippen molar-refractivity contribution in [1.29, 1.82) is 0 Å². The fourth-order valence-electron chi connectivity index (χ4n) is 2.37. The number of carbonyl (C=O) groups excluding carboxylic acids is 1. The number of rotatable bonds is 2. The number of anilines is 2. The number of fused-ring (bicyclic) bond motifs is 1. The Labute approximate surface area is 122 Å². The highest BCUT2D eigenvalue weighted by Gasteiger charge is 2.28. The molecule has 2 N–H and O–H groups in total. The number of nitrogens with one attached hydrogen (secondary N) is 2. The van der Waals surface area contributed by atoms with Crippen LogP contribution < -0.4 is 10.6 Å². The quantitative estimate of drug-likeness (QED) is 0.834. The number of hydrogen-bond acceptors (Lipinski definition) is 3. The van der Waals surface area contributed by atoms with E-state index >= 15 is 0 Å². The second-order valence-electron chi connectivity index (χ2n) is 4.84. The standard InChI is InChI=1S/C15H14ClN3O/c1-9-6-10(7-18-14(9)16)19-15(20)12-8-17-13-5-3-2-4-11(12)13/h2-7,12,17H,8H2,1H3,(H,19,20). The molecule has 4 nitrogen and oxygen atoms in total. The molecule has 1 amide bonds. The van der Waals surface area contributed by atoms with Gasteiger partial charge in [0.05, 0.1) is 17.8 Å². The average molecular weight is 288 g/mol. The normalized spacial score (nSPS) is 16.4. The Kier molecular flexibility index (Phi) is 3.32. The predicted octanol–water partition coefficient (Wildman–Crippen LogP) is 3.19. The van der Waals surface area contributed by atoms with Gasteiger partial charge in [-0.1, -0.05) is 29.8 Å². The second kappa shape index (κ2) is 5.13. The molecule has 2 heterocycles. The summed E-state index contributed by atoms with van der Waals surface area (Å²) in [6.45, 7) is 2.47. The molecular formula is C15H14ClN3O. The Morgan fingerprint density at radius 3 is 3.05 bits per heavy atom. The lowest BCUT2D eigenvalue weighted by molar-refractivity contribution is -0.117. The lowest BCUT2D eigenvalue weighted by Gasteiger charge is -2.11. The Balaban J connectivity index is 1.79. The summed E-state index contributed by atoms with van der Waals surface area (Å²) in [7, 11) is 0. The highest BCUT2D eigenvalue weighted by atomic mass is 35.5. The van der Waals surface area contributed by atoms with Gasteiger partial charge in [-0.05, 0) is 30.2 Å². The van der Waals surface area contributed by atoms with Crippen LogP contribution in [-0.2, 0) is 4.79 Å². The molecule has 0 fully saturated rings. The molecule has 3 rings (SSSR count). The lowest BCUT2D eigenvalue weighted by Crippen LogP contribution is -2.22. The largest absolute Gasteiger partial charge is 0.384 e. The van der Waals surface area contributed by atoms with E-state index in [9.17, 15) is 4.79 Å². The van der Waals surface area contributed by atoms with E-state index in [1.54, 1.807) is 6.20 Å². The van der Waals surface area contributed by atoms with Crippen LogP contribution in [-0.4, -0.2) is 17.4 Å². The first-order chi connectivity index (χ1) is 9.65. The molecule has 5 heteroatoms. The molecule has 2 aromatic rings. The fraction of sp³-hybridized carbons (Fsp3) is 0.200. The van der Waals surface area contributed by atoms with Crippen molar-refractivity contribution in [3.05, 3.63) is 52.8 Å². The van der Waals surface area contributed by atoms with Gasteiger partial charge in [0.2, 0.25) is 5.91 Å². The summed E-state index contributed by atoms with van der Waals surface area (Å²) in [4.78, 5) is 16.4. The highest BCUT2D eigenvalue weighted by molar-refractivity contribution is 6.30. The minimum absolute atomic E-state index is 0.0361. The van der Waals surface area contributed by atoms with E-state index in [-0.39, 0.29) is 11.8 Å². The Hall–Kier alpha value is -2.07. The van der Waals surface area contributed by atoms with Crippen LogP contribution in [0.2, 0.25) is 5.15 Å². The third-order valence-electron chi connectivity index (χ3n) is 3.43. The molecule has 1 aromatic carbocycles. The van der Waals surface area contributed by atoms with Crippen molar-refractivity contribution < 1.29 is 4.79 Å². The molecule has 102 valence electrons. The zero-order valence-electron chi connectivity index (χ0n) is 11.0. The van der Waals surface area contributed by atoms with Crippen molar-refractivity contribution in [2.24, 2.45) is 0 Å². The summed E-state index contributed by atoms with van der Waals surface area (Å²) in [5, 5.41) is 6.59. The second-order valence-corrected chi connectivity index (χ2v) is 5.20.